The predicted octanol–water partition coefficient (Wildman–Crippen LogP) is 3.02. The topological polar surface area (TPSA) is 50.1 Å². The van der Waals surface area contributed by atoms with Gasteiger partial charge in [-0.2, -0.15) is 14.0 Å². The van der Waals surface area contributed by atoms with Crippen molar-refractivity contribution in [3.63, 3.8) is 0 Å². The van der Waals surface area contributed by atoms with Crippen LogP contribution >= 0.6 is 11.6 Å². The van der Waals surface area contributed by atoms with Gasteiger partial charge in [-0.3, -0.25) is 4.79 Å². The van der Waals surface area contributed by atoms with Crippen LogP contribution < -0.4 is 4.74 Å². The van der Waals surface area contributed by atoms with E-state index in [1.807, 2.05) is 0 Å². The maximum absolute atomic E-state index is 12.1. The van der Waals surface area contributed by atoms with E-state index in [4.69, 9.17) is 16.9 Å². The van der Waals surface area contributed by atoms with Crippen molar-refractivity contribution in [2.45, 2.75) is 13.5 Å². The maximum Gasteiger partial charge on any atom is 0.387 e. The Labute approximate surface area is 95.2 Å². The summed E-state index contributed by atoms with van der Waals surface area (Å²) in [7, 11) is 0. The quantitative estimate of drug-likeness (QED) is 0.769. The van der Waals surface area contributed by atoms with Gasteiger partial charge in [-0.1, -0.05) is 11.6 Å². The van der Waals surface area contributed by atoms with E-state index in [-0.39, 0.29) is 16.1 Å². The van der Waals surface area contributed by atoms with E-state index in [1.54, 1.807) is 6.07 Å². The van der Waals surface area contributed by atoms with Crippen LogP contribution in [0.2, 0.25) is 5.02 Å². The second-order valence-electron chi connectivity index (χ2n) is 2.85. The zero-order valence-corrected chi connectivity index (χ0v) is 8.89. The minimum Gasteiger partial charge on any atom is -0.432 e. The Balaban J connectivity index is 3.36. The molecule has 0 aromatic heterocycles. The summed E-state index contributed by atoms with van der Waals surface area (Å²) in [6.45, 7) is -1.87. The number of carbonyl (C=O) groups is 1. The van der Waals surface area contributed by atoms with Gasteiger partial charge in [0.15, 0.2) is 11.5 Å². The highest BCUT2D eigenvalue weighted by Gasteiger charge is 2.18. The molecule has 84 valence electrons. The molecule has 6 heteroatoms. The smallest absolute Gasteiger partial charge is 0.387 e. The first kappa shape index (κ1) is 12.4. The molecule has 1 aromatic carbocycles. The van der Waals surface area contributed by atoms with E-state index in [0.29, 0.717) is 0 Å². The van der Waals surface area contributed by atoms with E-state index >= 15 is 0 Å². The lowest BCUT2D eigenvalue weighted by atomic mass is 10.1. The number of Topliss-reactive ketones (excluding diaryl/α,β-unsaturated/α-hetero) is 1. The van der Waals surface area contributed by atoms with Crippen LogP contribution in [-0.4, -0.2) is 12.4 Å². The van der Waals surface area contributed by atoms with Crippen molar-refractivity contribution in [1.29, 1.82) is 5.26 Å². The van der Waals surface area contributed by atoms with Crippen molar-refractivity contribution in [1.82, 2.24) is 0 Å². The van der Waals surface area contributed by atoms with Crippen molar-refractivity contribution in [3.8, 4) is 11.8 Å². The third-order valence-electron chi connectivity index (χ3n) is 1.80. The third-order valence-corrected chi connectivity index (χ3v) is 2.18. The fourth-order valence-electron chi connectivity index (χ4n) is 1.12. The molecule has 0 N–H and O–H groups in total. The van der Waals surface area contributed by atoms with Crippen molar-refractivity contribution >= 4 is 17.4 Å². The molecule has 0 aliphatic carbocycles. The number of benzene rings is 1. The van der Waals surface area contributed by atoms with E-state index in [0.717, 1.165) is 0 Å². The molecule has 0 aliphatic heterocycles. The fourth-order valence-corrected chi connectivity index (χ4v) is 1.46. The Kier molecular flexibility index (Phi) is 3.80. The van der Waals surface area contributed by atoms with E-state index in [2.05, 4.69) is 4.74 Å². The van der Waals surface area contributed by atoms with Gasteiger partial charge >= 0.3 is 6.61 Å². The summed E-state index contributed by atoms with van der Waals surface area (Å²) in [4.78, 5) is 11.1. The highest BCUT2D eigenvalue weighted by molar-refractivity contribution is 6.35. The van der Waals surface area contributed by atoms with Gasteiger partial charge in [0, 0.05) is 5.56 Å². The Hall–Kier alpha value is -1.67. The second kappa shape index (κ2) is 4.90. The first-order valence-electron chi connectivity index (χ1n) is 4.15. The molecule has 0 radical (unpaired) electrons. The number of alkyl halides is 2. The molecular formula is C10H6ClF2NO2. The molecular weight excluding hydrogens is 240 g/mol. The molecule has 0 spiro atoms. The number of carbonyl (C=O) groups excluding carboxylic acids is 1. The van der Waals surface area contributed by atoms with Crippen LogP contribution in [0.4, 0.5) is 8.78 Å². The highest BCUT2D eigenvalue weighted by Crippen LogP contribution is 2.33. The first-order chi connectivity index (χ1) is 7.47. The van der Waals surface area contributed by atoms with Crippen molar-refractivity contribution in [2.75, 3.05) is 0 Å². The van der Waals surface area contributed by atoms with Crippen LogP contribution in [0.15, 0.2) is 12.1 Å². The molecule has 0 unspecified atom stereocenters. The normalized spacial score (nSPS) is 10.0. The minimum atomic E-state index is -3.10. The molecule has 0 saturated carbocycles. The van der Waals surface area contributed by atoms with E-state index in [1.165, 1.54) is 19.1 Å². The summed E-state index contributed by atoms with van der Waals surface area (Å²) in [5.74, 6) is -0.861. The molecule has 1 rings (SSSR count). The third kappa shape index (κ3) is 2.47. The lowest BCUT2D eigenvalue weighted by molar-refractivity contribution is -0.0500. The molecule has 16 heavy (non-hydrogen) atoms. The van der Waals surface area contributed by atoms with E-state index < -0.39 is 18.1 Å². The van der Waals surface area contributed by atoms with Gasteiger partial charge in [0.25, 0.3) is 0 Å². The second-order valence-corrected chi connectivity index (χ2v) is 3.23. The monoisotopic (exact) mass is 245 g/mol. The van der Waals surface area contributed by atoms with Crippen molar-refractivity contribution in [3.05, 3.63) is 28.3 Å². The Morgan fingerprint density at radius 3 is 2.62 bits per heavy atom. The van der Waals surface area contributed by atoms with E-state index in [9.17, 15) is 13.6 Å². The zero-order chi connectivity index (χ0) is 12.3. The molecule has 0 fully saturated rings. The summed E-state index contributed by atoms with van der Waals surface area (Å²) in [5.41, 5.74) is -0.105. The number of rotatable bonds is 3. The van der Waals surface area contributed by atoms with Gasteiger partial charge < -0.3 is 4.74 Å². The Morgan fingerprint density at radius 2 is 2.19 bits per heavy atom. The number of halogens is 3. The van der Waals surface area contributed by atoms with Crippen LogP contribution in [0.3, 0.4) is 0 Å². The average molecular weight is 246 g/mol. The SMILES string of the molecule is CC(=O)c1ccc(C#N)c(OC(F)F)c1Cl. The summed E-state index contributed by atoms with van der Waals surface area (Å²) in [6, 6.07) is 4.16. The number of ether oxygens (including phenoxy) is 1. The van der Waals surface area contributed by atoms with Gasteiger partial charge in [0.05, 0.1) is 10.6 Å². The fraction of sp³-hybridized carbons (Fsp3) is 0.200. The minimum absolute atomic E-state index is 0.0383. The zero-order valence-electron chi connectivity index (χ0n) is 8.13. The van der Waals surface area contributed by atoms with Crippen LogP contribution in [0.1, 0.15) is 22.8 Å². The number of nitrogens with zero attached hydrogens (tertiary/aromatic N) is 1. The first-order valence-corrected chi connectivity index (χ1v) is 4.53. The van der Waals surface area contributed by atoms with Gasteiger partial charge in [-0.25, -0.2) is 0 Å². The lowest BCUT2D eigenvalue weighted by Crippen LogP contribution is -2.06. The Morgan fingerprint density at radius 1 is 1.56 bits per heavy atom. The largest absolute Gasteiger partial charge is 0.432 e. The molecule has 0 amide bonds. The number of nitriles is 1. The van der Waals surface area contributed by atoms with Gasteiger partial charge in [-0.15, -0.1) is 0 Å². The number of hydrogen-bond acceptors (Lipinski definition) is 3. The highest BCUT2D eigenvalue weighted by atomic mass is 35.5. The lowest BCUT2D eigenvalue weighted by Gasteiger charge is -2.10. The molecule has 0 heterocycles. The molecule has 0 atom stereocenters. The summed E-state index contributed by atoms with van der Waals surface area (Å²) >= 11 is 5.70. The molecule has 1 aromatic rings. The van der Waals surface area contributed by atoms with Gasteiger partial charge in [0.1, 0.15) is 6.07 Å². The van der Waals surface area contributed by atoms with Crippen LogP contribution in [-0.2, 0) is 0 Å². The number of ketones is 1. The van der Waals surface area contributed by atoms with Crippen LogP contribution in [0.5, 0.6) is 5.75 Å². The Bertz CT molecular complexity index is 469. The summed E-state index contributed by atoms with van der Waals surface area (Å²) in [5, 5.41) is 8.40. The maximum atomic E-state index is 12.1. The molecule has 0 saturated heterocycles. The predicted molar refractivity (Wildman–Crippen MR) is 52.8 cm³/mol. The standard InChI is InChI=1S/C10H6ClF2NO2/c1-5(15)7-3-2-6(4-14)9(8(7)11)16-10(12)13/h2-3,10H,1H3. The van der Waals surface area contributed by atoms with Crippen molar-refractivity contribution in [2.24, 2.45) is 0 Å². The average Bonchev–Trinajstić information content (AvgIpc) is 2.19. The molecule has 3 nitrogen and oxygen atoms in total. The molecule has 0 aliphatic rings. The van der Waals surface area contributed by atoms with Crippen molar-refractivity contribution < 1.29 is 18.3 Å². The summed E-state index contributed by atoms with van der Waals surface area (Å²) in [6.07, 6.45) is 0. The number of hydrogen-bond donors (Lipinski definition) is 0. The van der Waals surface area contributed by atoms with Gasteiger partial charge in [0.2, 0.25) is 0 Å². The van der Waals surface area contributed by atoms with Gasteiger partial charge in [-0.05, 0) is 19.1 Å². The van der Waals surface area contributed by atoms with Crippen LogP contribution in [0.25, 0.3) is 0 Å². The van der Waals surface area contributed by atoms with Crippen LogP contribution in [0, 0.1) is 11.3 Å². The summed E-state index contributed by atoms with van der Waals surface area (Å²) < 4.78 is 28.3. The molecule has 0 bridgehead atoms.